The zero-order chi connectivity index (χ0) is 18.1. The van der Waals surface area contributed by atoms with E-state index in [9.17, 15) is 0 Å². The number of likely N-dealkylation sites (tertiary alicyclic amines) is 1. The van der Waals surface area contributed by atoms with Gasteiger partial charge in [-0.2, -0.15) is 0 Å². The van der Waals surface area contributed by atoms with Crippen molar-refractivity contribution in [2.24, 2.45) is 0 Å². The van der Waals surface area contributed by atoms with E-state index in [4.69, 9.17) is 18.7 Å². The van der Waals surface area contributed by atoms with Crippen LogP contribution in [0.3, 0.4) is 0 Å². The average Bonchev–Trinajstić information content (AvgIpc) is 3.07. The van der Waals surface area contributed by atoms with E-state index in [2.05, 4.69) is 22.2 Å². The van der Waals surface area contributed by atoms with Crippen LogP contribution in [0.4, 0.5) is 0 Å². The molecule has 3 heterocycles. The van der Waals surface area contributed by atoms with E-state index in [0.29, 0.717) is 0 Å². The molecule has 6 nitrogen and oxygen atoms in total. The molecule has 0 amide bonds. The Morgan fingerprint density at radius 2 is 1.85 bits per heavy atom. The predicted octanol–water partition coefficient (Wildman–Crippen LogP) is 3.06. The van der Waals surface area contributed by atoms with Gasteiger partial charge in [0.25, 0.3) is 0 Å². The maximum Gasteiger partial charge on any atom is 0.161 e. The molecule has 0 N–H and O–H groups in total. The van der Waals surface area contributed by atoms with Crippen molar-refractivity contribution in [1.29, 1.82) is 0 Å². The Labute approximate surface area is 154 Å². The molecule has 2 aromatic rings. The lowest BCUT2D eigenvalue weighted by atomic mass is 9.79. The first-order chi connectivity index (χ1) is 12.6. The minimum Gasteiger partial charge on any atom is -0.493 e. The number of nitrogens with zero attached hydrogens (tertiary/aromatic N) is 2. The quantitative estimate of drug-likeness (QED) is 0.837. The molecular weight excluding hydrogens is 332 g/mol. The number of hydrogen-bond acceptors (Lipinski definition) is 6. The molecule has 6 heteroatoms. The monoisotopic (exact) mass is 358 g/mol. The summed E-state index contributed by atoms with van der Waals surface area (Å²) in [6.07, 6.45) is 2.84. The summed E-state index contributed by atoms with van der Waals surface area (Å²) in [5, 5.41) is 3.98. The van der Waals surface area contributed by atoms with Gasteiger partial charge in [0.1, 0.15) is 0 Å². The molecule has 0 bridgehead atoms. The molecule has 1 aromatic heterocycles. The van der Waals surface area contributed by atoms with E-state index in [1.54, 1.807) is 14.2 Å². The summed E-state index contributed by atoms with van der Waals surface area (Å²) in [5.41, 5.74) is 3.28. The van der Waals surface area contributed by atoms with E-state index in [1.165, 1.54) is 11.1 Å². The summed E-state index contributed by atoms with van der Waals surface area (Å²) < 4.78 is 22.7. The molecule has 4 rings (SSSR count). The fourth-order valence-corrected chi connectivity index (χ4v) is 4.18. The van der Waals surface area contributed by atoms with Gasteiger partial charge < -0.3 is 18.7 Å². The second-order valence-corrected chi connectivity index (χ2v) is 7.17. The first kappa shape index (κ1) is 17.4. The lowest BCUT2D eigenvalue weighted by molar-refractivity contribution is -0.0996. The van der Waals surface area contributed by atoms with Crippen LogP contribution < -0.4 is 9.47 Å². The number of ether oxygens (including phenoxy) is 3. The molecule has 0 saturated carbocycles. The van der Waals surface area contributed by atoms with Crippen LogP contribution in [0.5, 0.6) is 11.5 Å². The van der Waals surface area contributed by atoms with Crippen LogP contribution in [0, 0.1) is 6.92 Å². The van der Waals surface area contributed by atoms with Crippen LogP contribution in [-0.2, 0) is 23.3 Å². The fourth-order valence-electron chi connectivity index (χ4n) is 4.18. The van der Waals surface area contributed by atoms with Crippen molar-refractivity contribution < 1.29 is 18.7 Å². The first-order valence-corrected chi connectivity index (χ1v) is 9.17. The molecule has 0 radical (unpaired) electrons. The number of hydrogen-bond donors (Lipinski definition) is 0. The van der Waals surface area contributed by atoms with Crippen molar-refractivity contribution in [3.63, 3.8) is 0 Å². The fraction of sp³-hybridized carbons (Fsp3) is 0.550. The summed E-state index contributed by atoms with van der Waals surface area (Å²) in [4.78, 5) is 2.41. The Hall–Kier alpha value is -2.05. The number of piperidine rings is 1. The molecule has 1 saturated heterocycles. The molecule has 1 aromatic carbocycles. The predicted molar refractivity (Wildman–Crippen MR) is 96.6 cm³/mol. The second kappa shape index (κ2) is 6.93. The molecule has 0 unspecified atom stereocenters. The van der Waals surface area contributed by atoms with E-state index in [-0.39, 0.29) is 5.60 Å². The average molecular weight is 358 g/mol. The summed E-state index contributed by atoms with van der Waals surface area (Å²) in [7, 11) is 3.37. The van der Waals surface area contributed by atoms with Crippen molar-refractivity contribution in [3.8, 4) is 11.5 Å². The molecule has 1 spiro atoms. The second-order valence-electron chi connectivity index (χ2n) is 7.17. The Morgan fingerprint density at radius 1 is 1.12 bits per heavy atom. The lowest BCUT2D eigenvalue weighted by Crippen LogP contribution is -2.46. The highest BCUT2D eigenvalue weighted by atomic mass is 16.5. The molecule has 140 valence electrons. The van der Waals surface area contributed by atoms with Gasteiger partial charge in [0, 0.05) is 19.2 Å². The van der Waals surface area contributed by atoms with Gasteiger partial charge in [0.2, 0.25) is 0 Å². The highest BCUT2D eigenvalue weighted by Gasteiger charge is 2.41. The van der Waals surface area contributed by atoms with Gasteiger partial charge in [-0.15, -0.1) is 0 Å². The third kappa shape index (κ3) is 3.08. The number of aromatic nitrogens is 1. The Balaban J connectivity index is 1.54. The van der Waals surface area contributed by atoms with Gasteiger partial charge in [0.05, 0.1) is 38.7 Å². The third-order valence-electron chi connectivity index (χ3n) is 5.57. The van der Waals surface area contributed by atoms with E-state index >= 15 is 0 Å². The maximum absolute atomic E-state index is 6.35. The van der Waals surface area contributed by atoms with Crippen molar-refractivity contribution in [2.75, 3.05) is 33.9 Å². The van der Waals surface area contributed by atoms with Crippen LogP contribution in [0.2, 0.25) is 0 Å². The first-order valence-electron chi connectivity index (χ1n) is 9.17. The molecule has 26 heavy (non-hydrogen) atoms. The van der Waals surface area contributed by atoms with Gasteiger partial charge in [-0.05, 0) is 49.4 Å². The Morgan fingerprint density at radius 3 is 2.50 bits per heavy atom. The summed E-state index contributed by atoms with van der Waals surface area (Å²) in [6, 6.07) is 6.23. The molecule has 0 aliphatic carbocycles. The SMILES string of the molecule is COc1cc2c(cc1OC)C1(CCN(Cc3cc(C)no3)CC1)OCC2. The highest BCUT2D eigenvalue weighted by molar-refractivity contribution is 5.50. The zero-order valence-corrected chi connectivity index (χ0v) is 15.7. The van der Waals surface area contributed by atoms with Crippen LogP contribution in [-0.4, -0.2) is 44.0 Å². The van der Waals surface area contributed by atoms with Gasteiger partial charge in [-0.25, -0.2) is 0 Å². The van der Waals surface area contributed by atoms with Gasteiger partial charge >= 0.3 is 0 Å². The molecule has 2 aliphatic heterocycles. The summed E-state index contributed by atoms with van der Waals surface area (Å²) in [6.45, 7) is 5.44. The number of methoxy groups -OCH3 is 2. The summed E-state index contributed by atoms with van der Waals surface area (Å²) >= 11 is 0. The van der Waals surface area contributed by atoms with Crippen molar-refractivity contribution in [1.82, 2.24) is 10.1 Å². The third-order valence-corrected chi connectivity index (χ3v) is 5.57. The van der Waals surface area contributed by atoms with Gasteiger partial charge in [-0.3, -0.25) is 4.90 Å². The van der Waals surface area contributed by atoms with Crippen molar-refractivity contribution >= 4 is 0 Å². The largest absolute Gasteiger partial charge is 0.493 e. The molecule has 2 aliphatic rings. The number of benzene rings is 1. The Kier molecular flexibility index (Phi) is 4.63. The van der Waals surface area contributed by atoms with Crippen molar-refractivity contribution in [2.45, 2.75) is 38.3 Å². The van der Waals surface area contributed by atoms with Crippen LogP contribution in [0.1, 0.15) is 35.4 Å². The van der Waals surface area contributed by atoms with E-state index in [0.717, 1.165) is 68.5 Å². The number of aryl methyl sites for hydroxylation is 1. The molecular formula is C20H26N2O4. The van der Waals surface area contributed by atoms with Gasteiger partial charge in [-0.1, -0.05) is 5.16 Å². The van der Waals surface area contributed by atoms with Crippen LogP contribution in [0.25, 0.3) is 0 Å². The van der Waals surface area contributed by atoms with E-state index < -0.39 is 0 Å². The minimum atomic E-state index is -0.221. The normalized spacial score (nSPS) is 19.3. The topological polar surface area (TPSA) is 57.0 Å². The van der Waals surface area contributed by atoms with Gasteiger partial charge in [0.15, 0.2) is 17.3 Å². The van der Waals surface area contributed by atoms with Crippen LogP contribution in [0.15, 0.2) is 22.7 Å². The number of fused-ring (bicyclic) bond motifs is 2. The minimum absolute atomic E-state index is 0.221. The smallest absolute Gasteiger partial charge is 0.161 e. The molecule has 0 atom stereocenters. The number of rotatable bonds is 4. The highest BCUT2D eigenvalue weighted by Crippen LogP contribution is 2.45. The molecule has 1 fully saturated rings. The van der Waals surface area contributed by atoms with E-state index in [1.807, 2.05) is 13.0 Å². The van der Waals surface area contributed by atoms with Crippen molar-refractivity contribution in [3.05, 3.63) is 40.8 Å². The maximum atomic E-state index is 6.35. The zero-order valence-electron chi connectivity index (χ0n) is 15.7. The van der Waals surface area contributed by atoms with Crippen LogP contribution >= 0.6 is 0 Å². The standard InChI is InChI=1S/C20H26N2O4/c1-14-10-16(26-21-14)13-22-7-5-20(6-8-22)17-12-19(24-3)18(23-2)11-15(17)4-9-25-20/h10-12H,4-9,13H2,1-3H3. The summed E-state index contributed by atoms with van der Waals surface area (Å²) in [5.74, 6) is 2.49. The lowest BCUT2D eigenvalue weighted by Gasteiger charge is -2.45. The Bertz CT molecular complexity index is 778.